The summed E-state index contributed by atoms with van der Waals surface area (Å²) >= 11 is 0. The summed E-state index contributed by atoms with van der Waals surface area (Å²) < 4.78 is 5.32. The van der Waals surface area contributed by atoms with E-state index < -0.39 is 0 Å². The third-order valence-electron chi connectivity index (χ3n) is 5.05. The van der Waals surface area contributed by atoms with Crippen molar-refractivity contribution in [3.63, 3.8) is 0 Å². The minimum atomic E-state index is -0.297. The number of carbonyl (C=O) groups excluding carboxylic acids is 1. The summed E-state index contributed by atoms with van der Waals surface area (Å²) in [6.45, 7) is 2.23. The van der Waals surface area contributed by atoms with E-state index in [1.165, 1.54) is 22.3 Å². The summed E-state index contributed by atoms with van der Waals surface area (Å²) in [5.74, 6) is -0.387. The maximum absolute atomic E-state index is 12.5. The molecule has 0 aromatic heterocycles. The number of nitrogens with two attached hydrogens (primary N) is 1. The van der Waals surface area contributed by atoms with Gasteiger partial charge < -0.3 is 10.5 Å². The van der Waals surface area contributed by atoms with Gasteiger partial charge in [0.05, 0.1) is 12.5 Å². The van der Waals surface area contributed by atoms with Crippen LogP contribution in [0, 0.1) is 5.92 Å². The molecule has 0 radical (unpaired) electrons. The fourth-order valence-corrected chi connectivity index (χ4v) is 4.25. The number of hydrogen-bond acceptors (Lipinski definition) is 3. The first-order chi connectivity index (χ1) is 10.7. The molecule has 22 heavy (non-hydrogen) atoms. The van der Waals surface area contributed by atoms with Crippen molar-refractivity contribution >= 4 is 5.97 Å². The first-order valence-electron chi connectivity index (χ1n) is 7.84. The van der Waals surface area contributed by atoms with Gasteiger partial charge in [-0.2, -0.15) is 0 Å². The zero-order chi connectivity index (χ0) is 15.3. The Morgan fingerprint density at radius 3 is 1.86 bits per heavy atom. The molecular formula is C19H19NO2. The van der Waals surface area contributed by atoms with Crippen molar-refractivity contribution in [2.45, 2.75) is 24.8 Å². The van der Waals surface area contributed by atoms with Crippen molar-refractivity contribution in [1.82, 2.24) is 0 Å². The van der Waals surface area contributed by atoms with Crippen LogP contribution < -0.4 is 5.73 Å². The van der Waals surface area contributed by atoms with Crippen LogP contribution in [0.3, 0.4) is 0 Å². The highest BCUT2D eigenvalue weighted by Crippen LogP contribution is 2.54. The van der Waals surface area contributed by atoms with Crippen molar-refractivity contribution in [2.24, 2.45) is 11.7 Å². The highest BCUT2D eigenvalue weighted by Gasteiger charge is 2.51. The molecular weight excluding hydrogens is 274 g/mol. The molecule has 0 saturated carbocycles. The standard InChI is InChI=1S/C19H19NO2/c1-2-22-19(21)17-15-11-7-3-5-9-13(11)16(18(17)20)14-10-6-4-8-12(14)15/h3-10,15-18H,2,20H2,1H3/t15?,16?,17-,18-/m0/s1. The Bertz CT molecular complexity index is 692. The highest BCUT2D eigenvalue weighted by molar-refractivity contribution is 5.79. The molecule has 0 fully saturated rings. The summed E-state index contributed by atoms with van der Waals surface area (Å²) in [7, 11) is 0. The van der Waals surface area contributed by atoms with Crippen LogP contribution in [0.2, 0.25) is 0 Å². The topological polar surface area (TPSA) is 52.3 Å². The van der Waals surface area contributed by atoms with E-state index in [2.05, 4.69) is 24.3 Å². The summed E-state index contributed by atoms with van der Waals surface area (Å²) in [4.78, 5) is 12.5. The molecule has 3 aliphatic carbocycles. The lowest BCUT2D eigenvalue weighted by molar-refractivity contribution is -0.150. The van der Waals surface area contributed by atoms with Crippen molar-refractivity contribution in [2.75, 3.05) is 6.61 Å². The van der Waals surface area contributed by atoms with E-state index in [0.717, 1.165) is 0 Å². The minimum absolute atomic E-state index is 0.00597. The van der Waals surface area contributed by atoms with Gasteiger partial charge in [0.2, 0.25) is 0 Å². The van der Waals surface area contributed by atoms with E-state index >= 15 is 0 Å². The molecule has 3 nitrogen and oxygen atoms in total. The maximum Gasteiger partial charge on any atom is 0.311 e. The molecule has 5 rings (SSSR count). The number of benzene rings is 2. The molecule has 2 N–H and O–H groups in total. The zero-order valence-electron chi connectivity index (χ0n) is 12.5. The molecule has 3 heteroatoms. The average molecular weight is 293 g/mol. The summed E-state index contributed by atoms with van der Waals surface area (Å²) in [5, 5.41) is 0. The smallest absolute Gasteiger partial charge is 0.311 e. The van der Waals surface area contributed by atoms with Gasteiger partial charge in [0, 0.05) is 17.9 Å². The molecule has 0 amide bonds. The second-order valence-corrected chi connectivity index (χ2v) is 6.07. The molecule has 0 unspecified atom stereocenters. The number of esters is 1. The maximum atomic E-state index is 12.5. The fraction of sp³-hybridized carbons (Fsp3) is 0.316. The molecule has 2 bridgehead atoms. The van der Waals surface area contributed by atoms with E-state index in [1.807, 2.05) is 31.2 Å². The van der Waals surface area contributed by atoms with Crippen LogP contribution >= 0.6 is 0 Å². The summed E-state index contributed by atoms with van der Waals surface area (Å²) in [5.41, 5.74) is 11.5. The Labute approximate surface area is 130 Å². The predicted molar refractivity (Wildman–Crippen MR) is 84.7 cm³/mol. The number of ether oxygens (including phenoxy) is 1. The molecule has 2 atom stereocenters. The second kappa shape index (κ2) is 4.96. The Kier molecular flexibility index (Phi) is 3.05. The Morgan fingerprint density at radius 2 is 1.41 bits per heavy atom. The minimum Gasteiger partial charge on any atom is -0.466 e. The summed E-state index contributed by atoms with van der Waals surface area (Å²) in [6, 6.07) is 16.5. The largest absolute Gasteiger partial charge is 0.466 e. The number of rotatable bonds is 2. The Balaban J connectivity index is 1.94. The van der Waals surface area contributed by atoms with Crippen molar-refractivity contribution < 1.29 is 9.53 Å². The van der Waals surface area contributed by atoms with Gasteiger partial charge in [0.1, 0.15) is 0 Å². The van der Waals surface area contributed by atoms with Gasteiger partial charge in [0.15, 0.2) is 0 Å². The van der Waals surface area contributed by atoms with Crippen LogP contribution in [0.5, 0.6) is 0 Å². The van der Waals surface area contributed by atoms with Crippen LogP contribution in [0.25, 0.3) is 0 Å². The van der Waals surface area contributed by atoms with Crippen molar-refractivity contribution in [3.8, 4) is 0 Å². The van der Waals surface area contributed by atoms with E-state index in [9.17, 15) is 4.79 Å². The van der Waals surface area contributed by atoms with Gasteiger partial charge in [-0.25, -0.2) is 0 Å². The van der Waals surface area contributed by atoms with Crippen LogP contribution in [-0.4, -0.2) is 18.6 Å². The Morgan fingerprint density at radius 1 is 0.955 bits per heavy atom. The molecule has 3 aliphatic rings. The molecule has 0 heterocycles. The molecule has 2 aromatic carbocycles. The second-order valence-electron chi connectivity index (χ2n) is 6.07. The Hall–Kier alpha value is -2.13. The zero-order valence-corrected chi connectivity index (χ0v) is 12.5. The third kappa shape index (κ3) is 1.69. The van der Waals surface area contributed by atoms with Crippen molar-refractivity contribution in [3.05, 3.63) is 70.8 Å². The molecule has 0 spiro atoms. The lowest BCUT2D eigenvalue weighted by Crippen LogP contribution is -2.52. The average Bonchev–Trinajstić information content (AvgIpc) is 2.55. The van der Waals surface area contributed by atoms with E-state index in [-0.39, 0.29) is 29.8 Å². The van der Waals surface area contributed by atoms with Gasteiger partial charge in [-0.15, -0.1) is 0 Å². The predicted octanol–water partition coefficient (Wildman–Crippen LogP) is 2.78. The summed E-state index contributed by atoms with van der Waals surface area (Å²) in [6.07, 6.45) is 0. The number of fused-ring (bicyclic) bond motifs is 1. The normalized spacial score (nSPS) is 27.9. The molecule has 2 aromatic rings. The molecule has 0 aliphatic heterocycles. The van der Waals surface area contributed by atoms with Crippen LogP contribution in [0.15, 0.2) is 48.5 Å². The van der Waals surface area contributed by atoms with E-state index in [1.54, 1.807) is 0 Å². The molecule has 112 valence electrons. The van der Waals surface area contributed by atoms with Crippen molar-refractivity contribution in [1.29, 1.82) is 0 Å². The first-order valence-corrected chi connectivity index (χ1v) is 7.84. The highest BCUT2D eigenvalue weighted by atomic mass is 16.5. The molecule has 0 saturated heterocycles. The fourth-order valence-electron chi connectivity index (χ4n) is 4.25. The SMILES string of the molecule is CCOC(=O)[C@H]1C2c3ccccc3C(c3ccccc32)[C@@H]1N. The van der Waals surface area contributed by atoms with Crippen LogP contribution in [0.1, 0.15) is 41.0 Å². The lowest BCUT2D eigenvalue weighted by atomic mass is 9.57. The van der Waals surface area contributed by atoms with Gasteiger partial charge >= 0.3 is 5.97 Å². The first kappa shape index (κ1) is 13.5. The van der Waals surface area contributed by atoms with Gasteiger partial charge in [-0.3, -0.25) is 4.79 Å². The monoisotopic (exact) mass is 293 g/mol. The third-order valence-corrected chi connectivity index (χ3v) is 5.05. The quantitative estimate of drug-likeness (QED) is 0.866. The van der Waals surface area contributed by atoms with Gasteiger partial charge in [0.25, 0.3) is 0 Å². The number of carbonyl (C=O) groups is 1. The van der Waals surface area contributed by atoms with Gasteiger partial charge in [-0.1, -0.05) is 48.5 Å². The van der Waals surface area contributed by atoms with Crippen LogP contribution in [-0.2, 0) is 9.53 Å². The lowest BCUT2D eigenvalue weighted by Gasteiger charge is -2.48. The van der Waals surface area contributed by atoms with E-state index in [4.69, 9.17) is 10.5 Å². The number of hydrogen-bond donors (Lipinski definition) is 1. The van der Waals surface area contributed by atoms with E-state index in [0.29, 0.717) is 6.61 Å². The van der Waals surface area contributed by atoms with Gasteiger partial charge in [-0.05, 0) is 29.2 Å². The van der Waals surface area contributed by atoms with Crippen LogP contribution in [0.4, 0.5) is 0 Å².